The van der Waals surface area contributed by atoms with Gasteiger partial charge in [-0.25, -0.2) is 0 Å². The summed E-state index contributed by atoms with van der Waals surface area (Å²) in [4.78, 5) is 2.38. The van der Waals surface area contributed by atoms with E-state index in [4.69, 9.17) is 14.2 Å². The Balaban J connectivity index is 1.70. The molecule has 2 heterocycles. The number of methoxy groups -OCH3 is 3. The normalized spacial score (nSPS) is 22.2. The highest BCUT2D eigenvalue weighted by atomic mass is 16.5. The quantitative estimate of drug-likeness (QED) is 0.512. The highest BCUT2D eigenvalue weighted by Gasteiger charge is 2.74. The summed E-state index contributed by atoms with van der Waals surface area (Å²) in [5.74, 6) is 1.52. The van der Waals surface area contributed by atoms with Gasteiger partial charge in [-0.2, -0.15) is 10.5 Å². The lowest BCUT2D eigenvalue weighted by Crippen LogP contribution is -2.47. The predicted octanol–water partition coefficient (Wildman–Crippen LogP) is 5.23. The molecule has 6 heteroatoms. The number of hydrogen-bond donors (Lipinski definition) is 0. The van der Waals surface area contributed by atoms with Gasteiger partial charge in [-0.1, -0.05) is 48.5 Å². The van der Waals surface area contributed by atoms with Crippen molar-refractivity contribution in [2.24, 2.45) is 5.41 Å². The second kappa shape index (κ2) is 8.01. The molecule has 3 aromatic carbocycles. The molecule has 0 unspecified atom stereocenters. The van der Waals surface area contributed by atoms with Crippen LogP contribution in [-0.4, -0.2) is 38.8 Å². The summed E-state index contributed by atoms with van der Waals surface area (Å²) in [6.45, 7) is 0.809. The Morgan fingerprint density at radius 2 is 1.39 bits per heavy atom. The van der Waals surface area contributed by atoms with Crippen molar-refractivity contribution in [3.05, 3.63) is 77.4 Å². The van der Waals surface area contributed by atoms with Gasteiger partial charge >= 0.3 is 0 Å². The molecule has 6 rings (SSSR count). The van der Waals surface area contributed by atoms with E-state index in [1.807, 2.05) is 36.4 Å². The fourth-order valence-corrected chi connectivity index (χ4v) is 7.37. The summed E-state index contributed by atoms with van der Waals surface area (Å²) in [5, 5.41) is 22.1. The van der Waals surface area contributed by atoms with Gasteiger partial charge < -0.3 is 14.2 Å². The Kier molecular flexibility index (Phi) is 5.00. The van der Waals surface area contributed by atoms with Crippen molar-refractivity contribution in [3.8, 4) is 40.5 Å². The van der Waals surface area contributed by atoms with Crippen LogP contribution in [0.3, 0.4) is 0 Å². The first-order valence-electron chi connectivity index (χ1n) is 12.2. The zero-order valence-electron chi connectivity index (χ0n) is 20.6. The minimum Gasteiger partial charge on any atom is -0.493 e. The second-order valence-electron chi connectivity index (χ2n) is 9.69. The average molecular weight is 478 g/mol. The first-order chi connectivity index (χ1) is 17.6. The van der Waals surface area contributed by atoms with Crippen molar-refractivity contribution in [1.29, 1.82) is 10.5 Å². The lowest BCUT2D eigenvalue weighted by Gasteiger charge is -2.40. The molecule has 36 heavy (non-hydrogen) atoms. The van der Waals surface area contributed by atoms with Gasteiger partial charge in [0.1, 0.15) is 0 Å². The zero-order chi connectivity index (χ0) is 25.1. The van der Waals surface area contributed by atoms with Crippen LogP contribution in [0, 0.1) is 28.1 Å². The topological polar surface area (TPSA) is 78.5 Å². The molecule has 180 valence electrons. The first-order valence-corrected chi connectivity index (χ1v) is 12.2. The number of nitriles is 2. The maximum absolute atomic E-state index is 11.0. The van der Waals surface area contributed by atoms with Crippen LogP contribution in [0.15, 0.2) is 60.7 Å². The fourth-order valence-electron chi connectivity index (χ4n) is 7.37. The van der Waals surface area contributed by atoms with Crippen molar-refractivity contribution in [1.82, 2.24) is 4.90 Å². The summed E-state index contributed by atoms with van der Waals surface area (Å²) in [7, 11) is 4.74. The van der Waals surface area contributed by atoms with Crippen LogP contribution in [0.2, 0.25) is 0 Å². The number of hydrogen-bond acceptors (Lipinski definition) is 6. The smallest absolute Gasteiger partial charge is 0.203 e. The minimum atomic E-state index is -1.38. The summed E-state index contributed by atoms with van der Waals surface area (Å²) in [5.41, 5.74) is 3.01. The van der Waals surface area contributed by atoms with Crippen LogP contribution < -0.4 is 14.2 Å². The molecular formula is C30H27N3O3. The maximum Gasteiger partial charge on any atom is 0.203 e. The van der Waals surface area contributed by atoms with E-state index in [1.54, 1.807) is 21.3 Å². The molecule has 2 atom stereocenters. The molecule has 1 aliphatic carbocycles. The third-order valence-corrected chi connectivity index (χ3v) is 8.51. The van der Waals surface area contributed by atoms with Crippen LogP contribution in [0.25, 0.3) is 11.1 Å². The fraction of sp³-hybridized carbons (Fsp3) is 0.333. The zero-order valence-corrected chi connectivity index (χ0v) is 20.6. The summed E-state index contributed by atoms with van der Waals surface area (Å²) in [6.07, 6.45) is 1.92. The lowest BCUT2D eigenvalue weighted by molar-refractivity contribution is 0.219. The molecule has 2 saturated heterocycles. The van der Waals surface area contributed by atoms with Gasteiger partial charge in [0, 0.05) is 6.04 Å². The summed E-state index contributed by atoms with van der Waals surface area (Å²) < 4.78 is 16.9. The number of rotatable bonds is 4. The number of benzene rings is 3. The maximum atomic E-state index is 11.0. The van der Waals surface area contributed by atoms with Gasteiger partial charge in [0.2, 0.25) is 5.75 Å². The van der Waals surface area contributed by atoms with Gasteiger partial charge in [0.15, 0.2) is 16.9 Å². The van der Waals surface area contributed by atoms with Gasteiger partial charge in [0.05, 0.1) is 44.9 Å². The van der Waals surface area contributed by atoms with E-state index < -0.39 is 16.9 Å². The molecular weight excluding hydrogens is 450 g/mol. The Bertz CT molecular complexity index is 1370. The summed E-state index contributed by atoms with van der Waals surface area (Å²) in [6, 6.07) is 25.1. The molecule has 0 radical (unpaired) electrons. The van der Waals surface area contributed by atoms with Gasteiger partial charge in [-0.3, -0.25) is 4.90 Å². The molecule has 3 aromatic rings. The third kappa shape index (κ3) is 2.47. The molecule has 0 aromatic heterocycles. The van der Waals surface area contributed by atoms with Crippen LogP contribution in [0.1, 0.15) is 35.6 Å². The second-order valence-corrected chi connectivity index (χ2v) is 9.69. The van der Waals surface area contributed by atoms with Crippen molar-refractivity contribution < 1.29 is 14.2 Å². The molecule has 2 fully saturated rings. The third-order valence-electron chi connectivity index (χ3n) is 8.51. The van der Waals surface area contributed by atoms with Crippen molar-refractivity contribution in [2.75, 3.05) is 27.9 Å². The Morgan fingerprint density at radius 1 is 0.833 bits per heavy atom. The molecule has 2 aliphatic heterocycles. The molecule has 0 bridgehead atoms. The largest absolute Gasteiger partial charge is 0.493 e. The van der Waals surface area contributed by atoms with Crippen LogP contribution in [0.5, 0.6) is 17.2 Å². The SMILES string of the molecule is COc1cc([C@H]2N3CCC[C@@H]3C3(c4ccccc4-c4ccccc43)C2(C#N)C#N)cc(OC)c1OC. The van der Waals surface area contributed by atoms with Gasteiger partial charge in [-0.15, -0.1) is 0 Å². The Morgan fingerprint density at radius 3 is 1.89 bits per heavy atom. The molecule has 3 aliphatic rings. The standard InChI is InChI=1S/C30H27N3O3/c1-34-24-15-19(16-25(35-2)27(24)36-3)28-29(17-31,18-32)30(26-13-8-14-33(26)28)22-11-6-4-9-20(22)21-10-5-7-12-23(21)30/h4-7,9-12,15-16,26,28H,8,13-14H2,1-3H3/t26-,28-/m1/s1. The minimum absolute atomic E-state index is 0.00527. The van der Waals surface area contributed by atoms with Crippen LogP contribution >= 0.6 is 0 Å². The van der Waals surface area contributed by atoms with E-state index in [0.717, 1.165) is 47.2 Å². The molecule has 0 amide bonds. The van der Waals surface area contributed by atoms with Crippen LogP contribution in [-0.2, 0) is 5.41 Å². The molecule has 0 N–H and O–H groups in total. The highest BCUT2D eigenvalue weighted by molar-refractivity contribution is 5.84. The van der Waals surface area contributed by atoms with E-state index in [2.05, 4.69) is 41.3 Å². The monoisotopic (exact) mass is 477 g/mol. The summed E-state index contributed by atoms with van der Waals surface area (Å²) >= 11 is 0. The first kappa shape index (κ1) is 22.5. The van der Waals surface area contributed by atoms with E-state index in [1.165, 1.54) is 0 Å². The number of ether oxygens (including phenoxy) is 3. The van der Waals surface area contributed by atoms with E-state index >= 15 is 0 Å². The molecule has 1 spiro atoms. The van der Waals surface area contributed by atoms with Gasteiger partial charge in [0.25, 0.3) is 0 Å². The van der Waals surface area contributed by atoms with E-state index in [-0.39, 0.29) is 6.04 Å². The van der Waals surface area contributed by atoms with Gasteiger partial charge in [-0.05, 0) is 59.3 Å². The van der Waals surface area contributed by atoms with E-state index in [0.29, 0.717) is 17.2 Å². The Labute approximate surface area is 211 Å². The lowest BCUT2D eigenvalue weighted by atomic mass is 9.55. The highest BCUT2D eigenvalue weighted by Crippen LogP contribution is 2.70. The molecule has 6 nitrogen and oxygen atoms in total. The van der Waals surface area contributed by atoms with Crippen molar-refractivity contribution in [3.63, 3.8) is 0 Å². The average Bonchev–Trinajstić information content (AvgIpc) is 3.58. The van der Waals surface area contributed by atoms with Crippen molar-refractivity contribution in [2.45, 2.75) is 30.3 Å². The van der Waals surface area contributed by atoms with E-state index in [9.17, 15) is 10.5 Å². The molecule has 0 saturated carbocycles. The Hall–Kier alpha value is -4.00. The predicted molar refractivity (Wildman–Crippen MR) is 135 cm³/mol. The number of nitrogens with zero attached hydrogens (tertiary/aromatic N) is 3. The van der Waals surface area contributed by atoms with Crippen molar-refractivity contribution >= 4 is 0 Å². The number of fused-ring (bicyclic) bond motifs is 7. The van der Waals surface area contributed by atoms with Crippen LogP contribution in [0.4, 0.5) is 0 Å².